The van der Waals surface area contributed by atoms with Crippen molar-refractivity contribution in [1.29, 1.82) is 0 Å². The zero-order valence-corrected chi connectivity index (χ0v) is 12.2. The minimum atomic E-state index is -0.326. The molecular formula is C16H23FO2. The molecule has 0 aliphatic carbocycles. The summed E-state index contributed by atoms with van der Waals surface area (Å²) in [5.74, 6) is 0.255. The third-order valence-corrected chi connectivity index (χ3v) is 3.13. The van der Waals surface area contributed by atoms with Gasteiger partial charge in [-0.3, -0.25) is 4.79 Å². The standard InChI is InChI=1S/C16H23FO2/c1-5-9-19-15-8-7-12(17)10-13(15)16(11(3)4)14(18)6-2/h7-8,10-11,16H,5-6,9H2,1-4H3. The van der Waals surface area contributed by atoms with Crippen molar-refractivity contribution in [2.45, 2.75) is 46.5 Å². The van der Waals surface area contributed by atoms with Gasteiger partial charge < -0.3 is 4.74 Å². The largest absolute Gasteiger partial charge is 0.493 e. The SMILES string of the molecule is CCCOc1ccc(F)cc1C(C(=O)CC)C(C)C. The Kier molecular flexibility index (Phi) is 6.00. The first-order valence-corrected chi connectivity index (χ1v) is 6.96. The Morgan fingerprint density at radius 3 is 2.53 bits per heavy atom. The molecule has 1 aromatic rings. The molecule has 0 aliphatic heterocycles. The molecule has 19 heavy (non-hydrogen) atoms. The van der Waals surface area contributed by atoms with Crippen LogP contribution in [0, 0.1) is 11.7 Å². The molecule has 0 aliphatic rings. The Morgan fingerprint density at radius 1 is 1.32 bits per heavy atom. The van der Waals surface area contributed by atoms with E-state index in [-0.39, 0.29) is 23.4 Å². The van der Waals surface area contributed by atoms with Crippen LogP contribution in [0.15, 0.2) is 18.2 Å². The Bertz CT molecular complexity index is 427. The molecule has 0 fully saturated rings. The summed E-state index contributed by atoms with van der Waals surface area (Å²) in [4.78, 5) is 12.1. The second-order valence-corrected chi connectivity index (χ2v) is 5.07. The van der Waals surface area contributed by atoms with E-state index in [9.17, 15) is 9.18 Å². The number of carbonyl (C=O) groups is 1. The summed E-state index contributed by atoms with van der Waals surface area (Å²) in [6.45, 7) is 8.38. The van der Waals surface area contributed by atoms with Crippen LogP contribution >= 0.6 is 0 Å². The lowest BCUT2D eigenvalue weighted by Gasteiger charge is -2.22. The van der Waals surface area contributed by atoms with Crippen LogP contribution in [-0.4, -0.2) is 12.4 Å². The van der Waals surface area contributed by atoms with Gasteiger partial charge in [0.05, 0.1) is 6.61 Å². The molecule has 1 unspecified atom stereocenters. The highest BCUT2D eigenvalue weighted by Crippen LogP contribution is 2.34. The number of hydrogen-bond donors (Lipinski definition) is 0. The maximum Gasteiger partial charge on any atom is 0.140 e. The first-order chi connectivity index (χ1) is 9.01. The van der Waals surface area contributed by atoms with Crippen molar-refractivity contribution >= 4 is 5.78 Å². The van der Waals surface area contributed by atoms with E-state index in [1.807, 2.05) is 27.7 Å². The minimum Gasteiger partial charge on any atom is -0.493 e. The van der Waals surface area contributed by atoms with Gasteiger partial charge in [-0.25, -0.2) is 4.39 Å². The molecule has 1 aromatic carbocycles. The van der Waals surface area contributed by atoms with Crippen molar-refractivity contribution in [2.75, 3.05) is 6.61 Å². The van der Waals surface area contributed by atoms with Gasteiger partial charge in [0.2, 0.25) is 0 Å². The number of halogens is 1. The Balaban J connectivity index is 3.19. The number of benzene rings is 1. The number of hydrogen-bond acceptors (Lipinski definition) is 2. The molecule has 0 saturated carbocycles. The van der Waals surface area contributed by atoms with Crippen molar-refractivity contribution in [3.05, 3.63) is 29.6 Å². The zero-order chi connectivity index (χ0) is 14.4. The molecule has 0 bridgehead atoms. The number of Topliss-reactive ketones (excluding diaryl/α,β-unsaturated/α-hetero) is 1. The number of carbonyl (C=O) groups excluding carboxylic acids is 1. The molecule has 106 valence electrons. The molecule has 3 heteroatoms. The van der Waals surface area contributed by atoms with Crippen molar-refractivity contribution in [1.82, 2.24) is 0 Å². The normalized spacial score (nSPS) is 12.5. The smallest absolute Gasteiger partial charge is 0.140 e. The van der Waals surface area contributed by atoms with E-state index in [0.29, 0.717) is 24.3 Å². The van der Waals surface area contributed by atoms with Crippen LogP contribution in [0.2, 0.25) is 0 Å². The van der Waals surface area contributed by atoms with Gasteiger partial charge in [0, 0.05) is 17.9 Å². The third kappa shape index (κ3) is 4.05. The van der Waals surface area contributed by atoms with Crippen LogP contribution in [0.1, 0.15) is 52.0 Å². The first-order valence-electron chi connectivity index (χ1n) is 6.96. The highest BCUT2D eigenvalue weighted by atomic mass is 19.1. The van der Waals surface area contributed by atoms with Gasteiger partial charge in [0.1, 0.15) is 17.3 Å². The first kappa shape index (κ1) is 15.7. The maximum absolute atomic E-state index is 13.5. The molecule has 0 aromatic heterocycles. The summed E-state index contributed by atoms with van der Waals surface area (Å²) in [6, 6.07) is 4.43. The van der Waals surface area contributed by atoms with Gasteiger partial charge in [0.15, 0.2) is 0 Å². The lowest BCUT2D eigenvalue weighted by Crippen LogP contribution is -2.19. The number of ketones is 1. The summed E-state index contributed by atoms with van der Waals surface area (Å²) >= 11 is 0. The summed E-state index contributed by atoms with van der Waals surface area (Å²) in [6.07, 6.45) is 1.33. The Morgan fingerprint density at radius 2 is 2.00 bits per heavy atom. The summed E-state index contributed by atoms with van der Waals surface area (Å²) in [7, 11) is 0. The van der Waals surface area contributed by atoms with Crippen LogP contribution in [0.4, 0.5) is 4.39 Å². The van der Waals surface area contributed by atoms with E-state index < -0.39 is 0 Å². The average molecular weight is 266 g/mol. The Hall–Kier alpha value is -1.38. The van der Waals surface area contributed by atoms with E-state index in [0.717, 1.165) is 6.42 Å². The fourth-order valence-corrected chi connectivity index (χ4v) is 2.23. The average Bonchev–Trinajstić information content (AvgIpc) is 2.37. The van der Waals surface area contributed by atoms with Gasteiger partial charge in [-0.05, 0) is 30.5 Å². The van der Waals surface area contributed by atoms with Crippen LogP contribution in [0.3, 0.4) is 0 Å². The maximum atomic E-state index is 13.5. The number of ether oxygens (including phenoxy) is 1. The molecule has 1 rings (SSSR count). The predicted octanol–water partition coefficient (Wildman–Crippen LogP) is 4.33. The summed E-state index contributed by atoms with van der Waals surface area (Å²) in [5, 5.41) is 0. The van der Waals surface area contributed by atoms with Crippen LogP contribution in [0.5, 0.6) is 5.75 Å². The van der Waals surface area contributed by atoms with Crippen LogP contribution < -0.4 is 4.74 Å². The van der Waals surface area contributed by atoms with Crippen LogP contribution in [-0.2, 0) is 4.79 Å². The minimum absolute atomic E-state index is 0.123. The van der Waals surface area contributed by atoms with Crippen molar-refractivity contribution < 1.29 is 13.9 Å². The monoisotopic (exact) mass is 266 g/mol. The molecule has 0 radical (unpaired) electrons. The van der Waals surface area contributed by atoms with E-state index in [1.165, 1.54) is 12.1 Å². The van der Waals surface area contributed by atoms with Gasteiger partial charge in [-0.1, -0.05) is 27.7 Å². The number of rotatable bonds is 7. The lowest BCUT2D eigenvalue weighted by molar-refractivity contribution is -0.121. The van der Waals surface area contributed by atoms with E-state index >= 15 is 0 Å². The highest BCUT2D eigenvalue weighted by molar-refractivity contribution is 5.86. The predicted molar refractivity (Wildman–Crippen MR) is 75.1 cm³/mol. The highest BCUT2D eigenvalue weighted by Gasteiger charge is 2.26. The van der Waals surface area contributed by atoms with Gasteiger partial charge >= 0.3 is 0 Å². The van der Waals surface area contributed by atoms with Gasteiger partial charge in [-0.15, -0.1) is 0 Å². The summed E-state index contributed by atoms with van der Waals surface area (Å²) in [5.41, 5.74) is 0.676. The van der Waals surface area contributed by atoms with Crippen molar-refractivity contribution in [3.8, 4) is 5.75 Å². The second-order valence-electron chi connectivity index (χ2n) is 5.07. The fraction of sp³-hybridized carbons (Fsp3) is 0.562. The molecule has 0 spiro atoms. The van der Waals surface area contributed by atoms with Gasteiger partial charge in [-0.2, -0.15) is 0 Å². The molecule has 2 nitrogen and oxygen atoms in total. The summed E-state index contributed by atoms with van der Waals surface area (Å²) < 4.78 is 19.1. The van der Waals surface area contributed by atoms with Crippen molar-refractivity contribution in [3.63, 3.8) is 0 Å². The molecule has 1 atom stereocenters. The van der Waals surface area contributed by atoms with E-state index in [2.05, 4.69) is 0 Å². The molecule has 0 saturated heterocycles. The van der Waals surface area contributed by atoms with Crippen LogP contribution in [0.25, 0.3) is 0 Å². The zero-order valence-electron chi connectivity index (χ0n) is 12.2. The second kappa shape index (κ2) is 7.27. The fourth-order valence-electron chi connectivity index (χ4n) is 2.23. The quantitative estimate of drug-likeness (QED) is 0.734. The van der Waals surface area contributed by atoms with Gasteiger partial charge in [0.25, 0.3) is 0 Å². The Labute approximate surface area is 115 Å². The van der Waals surface area contributed by atoms with Crippen molar-refractivity contribution in [2.24, 2.45) is 5.92 Å². The molecule has 0 heterocycles. The molecule has 0 N–H and O–H groups in total. The molecular weight excluding hydrogens is 243 g/mol. The third-order valence-electron chi connectivity index (χ3n) is 3.13. The lowest BCUT2D eigenvalue weighted by atomic mass is 9.83. The van der Waals surface area contributed by atoms with E-state index in [4.69, 9.17) is 4.74 Å². The van der Waals surface area contributed by atoms with E-state index in [1.54, 1.807) is 6.07 Å². The molecule has 0 amide bonds. The topological polar surface area (TPSA) is 26.3 Å².